The summed E-state index contributed by atoms with van der Waals surface area (Å²) < 4.78 is 0. The Morgan fingerprint density at radius 1 is 1.22 bits per heavy atom. The molecule has 0 aliphatic heterocycles. The molecule has 0 saturated heterocycles. The molecule has 0 N–H and O–H groups in total. The third kappa shape index (κ3) is 5.84. The van der Waals surface area contributed by atoms with E-state index in [2.05, 4.69) is 6.92 Å². The molecule has 9 heavy (non-hydrogen) atoms. The van der Waals surface area contributed by atoms with Gasteiger partial charge in [-0.05, 0) is 0 Å². The monoisotopic (exact) mass is 129 g/mol. The van der Waals surface area contributed by atoms with Crippen molar-refractivity contribution < 1.29 is 5.11 Å². The molecule has 0 aromatic carbocycles. The molecule has 0 rings (SSSR count). The molecule has 0 spiro atoms. The van der Waals surface area contributed by atoms with Gasteiger partial charge < -0.3 is 5.11 Å². The third-order valence-electron chi connectivity index (χ3n) is 1.58. The van der Waals surface area contributed by atoms with Gasteiger partial charge in [-0.25, -0.2) is 0 Å². The third-order valence-corrected chi connectivity index (χ3v) is 1.58. The second kappa shape index (κ2) is 6.09. The maximum atomic E-state index is 10.8. The molecule has 0 fully saturated rings. The van der Waals surface area contributed by atoms with Crippen molar-refractivity contribution in [1.82, 2.24) is 0 Å². The molecule has 0 aromatic heterocycles. The van der Waals surface area contributed by atoms with Crippen molar-refractivity contribution in [2.75, 3.05) is 0 Å². The fraction of sp³-hybridized carbons (Fsp3) is 1.00. The van der Waals surface area contributed by atoms with Crippen LogP contribution in [0.5, 0.6) is 0 Å². The average molecular weight is 129 g/mol. The van der Waals surface area contributed by atoms with E-state index < -0.39 is 0 Å². The van der Waals surface area contributed by atoms with Crippen molar-refractivity contribution in [2.24, 2.45) is 0 Å². The lowest BCUT2D eigenvalue weighted by atomic mass is 10.1. The van der Waals surface area contributed by atoms with Crippen molar-refractivity contribution in [3.8, 4) is 0 Å². The van der Waals surface area contributed by atoms with E-state index in [0.29, 0.717) is 0 Å². The highest BCUT2D eigenvalue weighted by atomic mass is 16.3. The lowest BCUT2D eigenvalue weighted by molar-refractivity contribution is -0.421. The van der Waals surface area contributed by atoms with Gasteiger partial charge in [-0.3, -0.25) is 0 Å². The Labute approximate surface area is 58.1 Å². The van der Waals surface area contributed by atoms with Crippen molar-refractivity contribution in [3.63, 3.8) is 0 Å². The van der Waals surface area contributed by atoms with Crippen LogP contribution in [0.1, 0.15) is 46.0 Å². The van der Waals surface area contributed by atoms with Crippen molar-refractivity contribution >= 4 is 0 Å². The van der Waals surface area contributed by atoms with E-state index >= 15 is 0 Å². The molecule has 0 bridgehead atoms. The van der Waals surface area contributed by atoms with Crippen LogP contribution in [0.4, 0.5) is 0 Å². The topological polar surface area (TPSA) is 23.1 Å². The van der Waals surface area contributed by atoms with Gasteiger partial charge in [0.05, 0.1) is 0 Å². The number of hydrogen-bond donors (Lipinski definition) is 0. The van der Waals surface area contributed by atoms with Crippen LogP contribution >= 0.6 is 0 Å². The van der Waals surface area contributed by atoms with Crippen LogP contribution in [-0.2, 0) is 0 Å². The Bertz CT molecular complexity index is 52.5. The lowest BCUT2D eigenvalue weighted by Crippen LogP contribution is -2.23. The van der Waals surface area contributed by atoms with Crippen molar-refractivity contribution in [1.29, 1.82) is 0 Å². The first-order chi connectivity index (χ1) is 4.31. The predicted octanol–water partition coefficient (Wildman–Crippen LogP) is 1.71. The summed E-state index contributed by atoms with van der Waals surface area (Å²) in [5.74, 6) is 0. The van der Waals surface area contributed by atoms with Crippen molar-refractivity contribution in [2.45, 2.75) is 52.1 Å². The largest absolute Gasteiger partial charge is 0.852 e. The van der Waals surface area contributed by atoms with E-state index in [0.717, 1.165) is 19.3 Å². The molecule has 0 aliphatic rings. The van der Waals surface area contributed by atoms with Gasteiger partial charge in [-0.1, -0.05) is 46.0 Å². The van der Waals surface area contributed by atoms with Crippen LogP contribution in [0.25, 0.3) is 0 Å². The van der Waals surface area contributed by atoms with Gasteiger partial charge in [0.2, 0.25) is 0 Å². The normalized spacial score (nSPS) is 13.7. The highest BCUT2D eigenvalue weighted by molar-refractivity contribution is 4.49. The first-order valence-electron chi connectivity index (χ1n) is 3.97. The summed E-state index contributed by atoms with van der Waals surface area (Å²) in [5.41, 5.74) is 0. The summed E-state index contributed by atoms with van der Waals surface area (Å²) in [6.07, 6.45) is 4.94. The standard InChI is InChI=1S/C8H17O/c1-3-5-6-7-8(9)4-2/h8H,3-7H2,1-2H3/q-1. The van der Waals surface area contributed by atoms with Gasteiger partial charge in [0.1, 0.15) is 0 Å². The van der Waals surface area contributed by atoms with Gasteiger partial charge >= 0.3 is 0 Å². The molecule has 1 nitrogen and oxygen atoms in total. The maximum Gasteiger partial charge on any atom is -0.0536 e. The fourth-order valence-corrected chi connectivity index (χ4v) is 0.826. The second-order valence-corrected chi connectivity index (χ2v) is 2.53. The molecule has 0 amide bonds. The lowest BCUT2D eigenvalue weighted by Gasteiger charge is -2.18. The fourth-order valence-electron chi connectivity index (χ4n) is 0.826. The van der Waals surface area contributed by atoms with Crippen molar-refractivity contribution in [3.05, 3.63) is 0 Å². The van der Waals surface area contributed by atoms with E-state index in [1.54, 1.807) is 0 Å². The highest BCUT2D eigenvalue weighted by Crippen LogP contribution is 2.02. The quantitative estimate of drug-likeness (QED) is 0.518. The minimum atomic E-state index is -0.295. The Balaban J connectivity index is 2.88. The average Bonchev–Trinajstić information content (AvgIpc) is 1.89. The molecule has 0 saturated carbocycles. The predicted molar refractivity (Wildman–Crippen MR) is 38.2 cm³/mol. The summed E-state index contributed by atoms with van der Waals surface area (Å²) in [6, 6.07) is 0. The molecular weight excluding hydrogens is 112 g/mol. The minimum Gasteiger partial charge on any atom is -0.852 e. The summed E-state index contributed by atoms with van der Waals surface area (Å²) in [4.78, 5) is 0. The van der Waals surface area contributed by atoms with Gasteiger partial charge in [-0.2, -0.15) is 0 Å². The summed E-state index contributed by atoms with van der Waals surface area (Å²) in [7, 11) is 0. The van der Waals surface area contributed by atoms with Gasteiger partial charge in [0.15, 0.2) is 0 Å². The van der Waals surface area contributed by atoms with Gasteiger partial charge in [0, 0.05) is 0 Å². The van der Waals surface area contributed by atoms with Gasteiger partial charge in [-0.15, -0.1) is 6.10 Å². The number of hydrogen-bond acceptors (Lipinski definition) is 1. The zero-order chi connectivity index (χ0) is 7.11. The second-order valence-electron chi connectivity index (χ2n) is 2.53. The zero-order valence-corrected chi connectivity index (χ0v) is 6.52. The van der Waals surface area contributed by atoms with Crippen LogP contribution in [0.2, 0.25) is 0 Å². The van der Waals surface area contributed by atoms with E-state index in [-0.39, 0.29) is 6.10 Å². The van der Waals surface area contributed by atoms with Crippen LogP contribution in [-0.4, -0.2) is 6.10 Å². The van der Waals surface area contributed by atoms with E-state index in [1.807, 2.05) is 6.92 Å². The molecule has 0 aromatic rings. The maximum absolute atomic E-state index is 10.8. The Morgan fingerprint density at radius 2 is 1.89 bits per heavy atom. The van der Waals surface area contributed by atoms with Crippen LogP contribution in [0, 0.1) is 0 Å². The van der Waals surface area contributed by atoms with Crippen LogP contribution in [0.3, 0.4) is 0 Å². The zero-order valence-electron chi connectivity index (χ0n) is 6.52. The Hall–Kier alpha value is -0.0400. The Kier molecular flexibility index (Phi) is 6.06. The molecule has 56 valence electrons. The van der Waals surface area contributed by atoms with E-state index in [1.165, 1.54) is 12.8 Å². The first-order valence-corrected chi connectivity index (χ1v) is 3.97. The SMILES string of the molecule is CCCCCC([O-])CC. The molecular formula is C8H17O-. The summed E-state index contributed by atoms with van der Waals surface area (Å²) >= 11 is 0. The molecule has 1 atom stereocenters. The molecule has 1 heteroatoms. The highest BCUT2D eigenvalue weighted by Gasteiger charge is 1.89. The van der Waals surface area contributed by atoms with E-state index in [9.17, 15) is 5.11 Å². The summed E-state index contributed by atoms with van der Waals surface area (Å²) in [5, 5.41) is 10.8. The smallest absolute Gasteiger partial charge is 0.0536 e. The number of unbranched alkanes of at least 4 members (excludes halogenated alkanes) is 2. The van der Waals surface area contributed by atoms with Crippen LogP contribution < -0.4 is 5.11 Å². The minimum absolute atomic E-state index is 0.295. The number of rotatable bonds is 5. The molecule has 0 radical (unpaired) electrons. The molecule has 1 unspecified atom stereocenters. The van der Waals surface area contributed by atoms with E-state index in [4.69, 9.17) is 0 Å². The molecule has 0 aliphatic carbocycles. The van der Waals surface area contributed by atoms with Gasteiger partial charge in [0.25, 0.3) is 0 Å². The molecule has 0 heterocycles. The Morgan fingerprint density at radius 3 is 2.33 bits per heavy atom. The summed E-state index contributed by atoms with van der Waals surface area (Å²) in [6.45, 7) is 4.12. The first kappa shape index (κ1) is 8.96. The van der Waals surface area contributed by atoms with Crippen LogP contribution in [0.15, 0.2) is 0 Å².